The molecule has 0 fully saturated rings. The van der Waals surface area contributed by atoms with Gasteiger partial charge in [-0.25, -0.2) is 18.4 Å². The van der Waals surface area contributed by atoms with Gasteiger partial charge in [-0.15, -0.1) is 5.10 Å². The van der Waals surface area contributed by atoms with Crippen molar-refractivity contribution < 1.29 is 23.0 Å². The van der Waals surface area contributed by atoms with Crippen LogP contribution in [0.1, 0.15) is 21.6 Å². The van der Waals surface area contributed by atoms with E-state index in [0.717, 1.165) is 0 Å². The minimum absolute atomic E-state index is 0.0751. The van der Waals surface area contributed by atoms with E-state index < -0.39 is 22.8 Å². The normalized spacial score (nSPS) is 10.9. The molecule has 5 rings (SSSR count). The molecule has 0 atom stereocenters. The first-order valence-electron chi connectivity index (χ1n) is 14.2. The van der Waals surface area contributed by atoms with Crippen LogP contribution in [0.5, 0.6) is 17.2 Å². The van der Waals surface area contributed by atoms with Gasteiger partial charge in [0.25, 0.3) is 0 Å². The van der Waals surface area contributed by atoms with E-state index in [0.29, 0.717) is 45.3 Å². The number of carbonyl (C=O) groups is 1. The number of nitrogens with zero attached hydrogens (tertiary/aromatic N) is 6. The predicted octanol–water partition coefficient (Wildman–Crippen LogP) is 5.51. The molecule has 0 radical (unpaired) electrons. The quantitative estimate of drug-likeness (QED) is 0.126. The third kappa shape index (κ3) is 6.70. The fourth-order valence-corrected chi connectivity index (χ4v) is 4.88. The highest BCUT2D eigenvalue weighted by molar-refractivity contribution is 5.98. The van der Waals surface area contributed by atoms with Gasteiger partial charge in [-0.3, -0.25) is 14.6 Å². The van der Waals surface area contributed by atoms with Gasteiger partial charge in [0.05, 0.1) is 23.9 Å². The number of benzene rings is 2. The minimum atomic E-state index is -0.704. The molecule has 2 aromatic carbocycles. The van der Waals surface area contributed by atoms with Gasteiger partial charge in [-0.2, -0.15) is 0 Å². The molecule has 5 aromatic rings. The summed E-state index contributed by atoms with van der Waals surface area (Å²) >= 11 is 0. The highest BCUT2D eigenvalue weighted by Gasteiger charge is 2.19. The van der Waals surface area contributed by atoms with Gasteiger partial charge >= 0.3 is 0 Å². The largest absolute Gasteiger partial charge is 0.495 e. The average Bonchev–Trinajstić information content (AvgIpc) is 3.01. The lowest BCUT2D eigenvalue weighted by Crippen LogP contribution is -2.36. The maximum Gasteiger partial charge on any atom is 0.218 e. The maximum atomic E-state index is 15.3. The number of aromatic nitrogens is 3. The molecule has 10 nitrogen and oxygen atoms in total. The lowest BCUT2D eigenvalue weighted by atomic mass is 10.00. The molecule has 0 saturated heterocycles. The molecular weight excluding hydrogens is 594 g/mol. The molecule has 0 N–H and O–H groups in total. The lowest BCUT2D eigenvalue weighted by molar-refractivity contribution is 0.0991. The number of rotatable bonds is 8. The zero-order valence-electron chi connectivity index (χ0n) is 26.2. The van der Waals surface area contributed by atoms with E-state index in [1.54, 1.807) is 34.9 Å². The number of pyridine rings is 3. The molecule has 46 heavy (non-hydrogen) atoms. The molecular formula is C34H32F2N6O4. The Morgan fingerprint density at radius 1 is 0.935 bits per heavy atom. The SMILES string of the molecule is COc1cc2nccc(Oc3ccc(CC(=O)c4cn(N=C(N(C)C)N(C)C)cc(-c5ccc(F)cc5)c4=O)cc3F)c2nc1C. The number of hydrogen-bond donors (Lipinski definition) is 0. The molecule has 0 bridgehead atoms. The zero-order chi connectivity index (χ0) is 33.1. The van der Waals surface area contributed by atoms with Crippen molar-refractivity contribution in [3.63, 3.8) is 0 Å². The second kappa shape index (κ2) is 13.1. The summed E-state index contributed by atoms with van der Waals surface area (Å²) in [4.78, 5) is 39.5. The van der Waals surface area contributed by atoms with Crippen LogP contribution in [-0.2, 0) is 6.42 Å². The van der Waals surface area contributed by atoms with Gasteiger partial charge in [0.1, 0.15) is 17.1 Å². The molecule has 236 valence electrons. The van der Waals surface area contributed by atoms with Gasteiger partial charge in [-0.05, 0) is 42.3 Å². The van der Waals surface area contributed by atoms with Crippen molar-refractivity contribution >= 4 is 22.8 Å². The summed E-state index contributed by atoms with van der Waals surface area (Å²) in [5, 5.41) is 4.58. The van der Waals surface area contributed by atoms with E-state index in [1.807, 2.05) is 28.2 Å². The molecule has 0 aliphatic rings. The average molecular weight is 627 g/mol. The summed E-state index contributed by atoms with van der Waals surface area (Å²) in [6.45, 7) is 1.78. The van der Waals surface area contributed by atoms with Crippen molar-refractivity contribution in [3.05, 3.63) is 112 Å². The Morgan fingerprint density at radius 2 is 1.65 bits per heavy atom. The smallest absolute Gasteiger partial charge is 0.218 e. The van der Waals surface area contributed by atoms with Crippen LogP contribution in [-0.4, -0.2) is 71.5 Å². The summed E-state index contributed by atoms with van der Waals surface area (Å²) in [5.41, 5.74) is 1.78. The highest BCUT2D eigenvalue weighted by atomic mass is 19.1. The molecule has 0 unspecified atom stereocenters. The second-order valence-corrected chi connectivity index (χ2v) is 10.9. The first-order valence-corrected chi connectivity index (χ1v) is 14.2. The van der Waals surface area contributed by atoms with Crippen LogP contribution in [0.15, 0.2) is 83.1 Å². The molecule has 3 aromatic heterocycles. The summed E-state index contributed by atoms with van der Waals surface area (Å²) in [5.74, 6) is -0.387. The van der Waals surface area contributed by atoms with Crippen molar-refractivity contribution in [2.24, 2.45) is 5.10 Å². The lowest BCUT2D eigenvalue weighted by Gasteiger charge is -2.22. The van der Waals surface area contributed by atoms with Gasteiger partial charge in [0.2, 0.25) is 5.96 Å². The monoisotopic (exact) mass is 626 g/mol. The molecule has 0 aliphatic carbocycles. The molecule has 0 aliphatic heterocycles. The van der Waals surface area contributed by atoms with E-state index in [9.17, 15) is 14.0 Å². The Labute approximate surface area is 264 Å². The number of aryl methyl sites for hydroxylation is 1. The van der Waals surface area contributed by atoms with Crippen molar-refractivity contribution in [1.82, 2.24) is 24.4 Å². The number of guanidine groups is 1. The van der Waals surface area contributed by atoms with Crippen LogP contribution in [0.2, 0.25) is 0 Å². The van der Waals surface area contributed by atoms with E-state index in [4.69, 9.17) is 9.47 Å². The molecule has 0 saturated carbocycles. The highest BCUT2D eigenvalue weighted by Crippen LogP contribution is 2.32. The standard InChI is InChI=1S/C34H32F2N6O4/c1-20-31(45-6)17-27-32(38-20)30(13-14-37-27)46-29-12-7-21(15-26(29)36)16-28(43)25-19-42(39-34(40(2)3)41(4)5)18-24(33(25)44)22-8-10-23(35)11-9-22/h7-15,17-19H,16H2,1-6H3. The number of hydrogen-bond acceptors (Lipinski definition) is 7. The Bertz CT molecular complexity index is 2010. The van der Waals surface area contributed by atoms with Crippen molar-refractivity contribution in [1.29, 1.82) is 0 Å². The fraction of sp³-hybridized carbons (Fsp3) is 0.206. The molecule has 0 amide bonds. The summed E-state index contributed by atoms with van der Waals surface area (Å²) in [7, 11) is 8.77. The first-order chi connectivity index (χ1) is 21.9. The Kier molecular flexibility index (Phi) is 9.08. The number of fused-ring (bicyclic) bond motifs is 1. The number of Topliss-reactive ketones (excluding diaryl/α,β-unsaturated/α-hetero) is 1. The first kappa shape index (κ1) is 31.8. The third-order valence-electron chi connectivity index (χ3n) is 7.09. The van der Waals surface area contributed by atoms with E-state index in [1.165, 1.54) is 66.8 Å². The maximum absolute atomic E-state index is 15.3. The summed E-state index contributed by atoms with van der Waals surface area (Å²) < 4.78 is 41.6. The predicted molar refractivity (Wildman–Crippen MR) is 172 cm³/mol. The number of halogens is 2. The Hall–Kier alpha value is -5.65. The second-order valence-electron chi connectivity index (χ2n) is 10.9. The Balaban J connectivity index is 1.47. The Morgan fingerprint density at radius 3 is 2.30 bits per heavy atom. The van der Waals surface area contributed by atoms with E-state index in [2.05, 4.69) is 15.1 Å². The van der Waals surface area contributed by atoms with Crippen LogP contribution in [0, 0.1) is 18.6 Å². The van der Waals surface area contributed by atoms with Crippen LogP contribution < -0.4 is 14.9 Å². The van der Waals surface area contributed by atoms with Crippen molar-refractivity contribution in [2.75, 3.05) is 35.3 Å². The topological polar surface area (TPSA) is 102 Å². The fourth-order valence-electron chi connectivity index (χ4n) is 4.88. The van der Waals surface area contributed by atoms with Gasteiger partial charge in [0.15, 0.2) is 28.5 Å². The number of methoxy groups -OCH3 is 1. The van der Waals surface area contributed by atoms with Crippen LogP contribution in [0.3, 0.4) is 0 Å². The molecule has 3 heterocycles. The number of carbonyl (C=O) groups excluding carboxylic acids is 1. The molecule has 12 heteroatoms. The number of ketones is 1. The van der Waals surface area contributed by atoms with Gasteiger partial charge in [0, 0.05) is 70.9 Å². The molecule has 0 spiro atoms. The van der Waals surface area contributed by atoms with Crippen molar-refractivity contribution in [3.8, 4) is 28.4 Å². The number of ether oxygens (including phenoxy) is 2. The van der Waals surface area contributed by atoms with Crippen LogP contribution in [0.25, 0.3) is 22.2 Å². The minimum Gasteiger partial charge on any atom is -0.495 e. The summed E-state index contributed by atoms with van der Waals surface area (Å²) in [6, 6.07) is 12.8. The summed E-state index contributed by atoms with van der Waals surface area (Å²) in [6.07, 6.45) is 4.09. The van der Waals surface area contributed by atoms with E-state index in [-0.39, 0.29) is 23.3 Å². The van der Waals surface area contributed by atoms with E-state index >= 15 is 4.39 Å². The van der Waals surface area contributed by atoms with Gasteiger partial charge in [-0.1, -0.05) is 18.2 Å². The third-order valence-corrected chi connectivity index (χ3v) is 7.09. The van der Waals surface area contributed by atoms with Crippen molar-refractivity contribution in [2.45, 2.75) is 13.3 Å². The van der Waals surface area contributed by atoms with Gasteiger partial charge < -0.3 is 19.3 Å². The zero-order valence-corrected chi connectivity index (χ0v) is 26.2. The van der Waals surface area contributed by atoms with Crippen LogP contribution >= 0.6 is 0 Å². The van der Waals surface area contributed by atoms with Crippen LogP contribution in [0.4, 0.5) is 8.78 Å².